The lowest BCUT2D eigenvalue weighted by Crippen LogP contribution is -2.48. The normalized spacial score (nSPS) is 21.7. The van der Waals surface area contributed by atoms with Gasteiger partial charge in [0, 0.05) is 6.04 Å². The van der Waals surface area contributed by atoms with Crippen molar-refractivity contribution < 1.29 is 24.9 Å². The number of piperidine rings is 1. The second-order valence-electron chi connectivity index (χ2n) is 4.16. The number of nitrogens with one attached hydrogen (secondary N) is 1. The van der Waals surface area contributed by atoms with E-state index >= 15 is 0 Å². The Morgan fingerprint density at radius 3 is 2.31 bits per heavy atom. The molecule has 1 atom stereocenters. The molecular formula is C10H17NO5. The van der Waals surface area contributed by atoms with Crippen molar-refractivity contribution in [2.24, 2.45) is 0 Å². The van der Waals surface area contributed by atoms with Crippen molar-refractivity contribution >= 4 is 11.9 Å². The maximum Gasteiger partial charge on any atom is 0.347 e. The van der Waals surface area contributed by atoms with Crippen LogP contribution in [0, 0.1) is 0 Å². The molecule has 0 amide bonds. The van der Waals surface area contributed by atoms with E-state index in [9.17, 15) is 14.7 Å². The summed E-state index contributed by atoms with van der Waals surface area (Å²) in [6, 6.07) is 0.110. The number of carboxylic acid groups (broad SMARTS) is 2. The van der Waals surface area contributed by atoms with E-state index in [1.807, 2.05) is 0 Å². The van der Waals surface area contributed by atoms with E-state index in [-0.39, 0.29) is 12.5 Å². The third-order valence-electron chi connectivity index (χ3n) is 2.97. The van der Waals surface area contributed by atoms with Crippen molar-refractivity contribution in [2.75, 3.05) is 6.54 Å². The SMILES string of the molecule is O=C(O)C(O)(CC[C@@H]1CCCCN1)C(=O)O. The first-order chi connectivity index (χ1) is 7.47. The zero-order chi connectivity index (χ0) is 12.2. The maximum atomic E-state index is 10.7. The lowest BCUT2D eigenvalue weighted by atomic mass is 9.92. The lowest BCUT2D eigenvalue weighted by Gasteiger charge is -2.26. The Morgan fingerprint density at radius 1 is 1.25 bits per heavy atom. The van der Waals surface area contributed by atoms with Crippen LogP contribution in [0.2, 0.25) is 0 Å². The summed E-state index contributed by atoms with van der Waals surface area (Å²) in [6.45, 7) is 0.864. The van der Waals surface area contributed by atoms with Crippen molar-refractivity contribution in [3.63, 3.8) is 0 Å². The van der Waals surface area contributed by atoms with Crippen LogP contribution in [0.4, 0.5) is 0 Å². The molecule has 6 nitrogen and oxygen atoms in total. The first-order valence-electron chi connectivity index (χ1n) is 5.39. The minimum absolute atomic E-state index is 0.110. The van der Waals surface area contributed by atoms with E-state index in [1.165, 1.54) is 0 Å². The standard InChI is InChI=1S/C10H17NO5/c12-8(13)10(16,9(14)15)5-4-7-3-1-2-6-11-7/h7,11,16H,1-6H2,(H,12,13)(H,14,15)/t7-/m0/s1. The molecule has 0 aromatic rings. The van der Waals surface area contributed by atoms with Gasteiger partial charge >= 0.3 is 11.9 Å². The number of aliphatic hydroxyl groups is 1. The number of rotatable bonds is 5. The molecule has 16 heavy (non-hydrogen) atoms. The zero-order valence-electron chi connectivity index (χ0n) is 8.98. The van der Waals surface area contributed by atoms with Crippen molar-refractivity contribution in [2.45, 2.75) is 43.7 Å². The van der Waals surface area contributed by atoms with E-state index in [1.54, 1.807) is 0 Å². The van der Waals surface area contributed by atoms with Crippen LogP contribution >= 0.6 is 0 Å². The molecule has 6 heteroatoms. The number of hydrogen-bond acceptors (Lipinski definition) is 4. The number of carboxylic acids is 2. The molecule has 0 unspecified atom stereocenters. The second-order valence-corrected chi connectivity index (χ2v) is 4.16. The number of hydrogen-bond donors (Lipinski definition) is 4. The highest BCUT2D eigenvalue weighted by atomic mass is 16.4. The average molecular weight is 231 g/mol. The Bertz CT molecular complexity index is 258. The Hall–Kier alpha value is -1.14. The summed E-state index contributed by atoms with van der Waals surface area (Å²) >= 11 is 0. The number of aliphatic carboxylic acids is 2. The topological polar surface area (TPSA) is 107 Å². The van der Waals surface area contributed by atoms with Gasteiger partial charge in [-0.25, -0.2) is 9.59 Å². The van der Waals surface area contributed by atoms with Gasteiger partial charge in [0.25, 0.3) is 5.60 Å². The van der Waals surface area contributed by atoms with Gasteiger partial charge in [-0.2, -0.15) is 0 Å². The zero-order valence-corrected chi connectivity index (χ0v) is 8.98. The van der Waals surface area contributed by atoms with Gasteiger partial charge in [-0.05, 0) is 32.2 Å². The van der Waals surface area contributed by atoms with Gasteiger partial charge in [0.15, 0.2) is 0 Å². The van der Waals surface area contributed by atoms with Crippen LogP contribution in [-0.4, -0.2) is 45.4 Å². The molecule has 1 saturated heterocycles. The fourth-order valence-electron chi connectivity index (χ4n) is 1.86. The summed E-state index contributed by atoms with van der Waals surface area (Å²) in [5.74, 6) is -3.40. The Morgan fingerprint density at radius 2 is 1.88 bits per heavy atom. The molecule has 1 rings (SSSR count). The predicted octanol–water partition coefficient (Wildman–Crippen LogP) is -0.191. The van der Waals surface area contributed by atoms with Gasteiger partial charge in [-0.1, -0.05) is 6.42 Å². The van der Waals surface area contributed by atoms with E-state index in [0.717, 1.165) is 25.8 Å². The molecule has 1 aliphatic heterocycles. The first-order valence-corrected chi connectivity index (χ1v) is 5.39. The summed E-state index contributed by atoms with van der Waals surface area (Å²) < 4.78 is 0. The fraction of sp³-hybridized carbons (Fsp3) is 0.800. The van der Waals surface area contributed by atoms with Crippen LogP contribution in [-0.2, 0) is 9.59 Å². The molecule has 0 radical (unpaired) electrons. The van der Waals surface area contributed by atoms with Crippen LogP contribution in [0.5, 0.6) is 0 Å². The molecule has 0 spiro atoms. The lowest BCUT2D eigenvalue weighted by molar-refractivity contribution is -0.176. The molecule has 1 heterocycles. The Kier molecular flexibility index (Phi) is 4.26. The van der Waals surface area contributed by atoms with Crippen molar-refractivity contribution in [1.29, 1.82) is 0 Å². The minimum atomic E-state index is -2.65. The Labute approximate surface area is 93.3 Å². The fourth-order valence-corrected chi connectivity index (χ4v) is 1.86. The van der Waals surface area contributed by atoms with Crippen LogP contribution in [0.3, 0.4) is 0 Å². The minimum Gasteiger partial charge on any atom is -0.479 e. The monoisotopic (exact) mass is 231 g/mol. The third-order valence-corrected chi connectivity index (χ3v) is 2.97. The summed E-state index contributed by atoms with van der Waals surface area (Å²) in [4.78, 5) is 21.4. The molecule has 4 N–H and O–H groups in total. The highest BCUT2D eigenvalue weighted by Gasteiger charge is 2.44. The van der Waals surface area contributed by atoms with Gasteiger partial charge in [0.1, 0.15) is 0 Å². The Balaban J connectivity index is 2.49. The van der Waals surface area contributed by atoms with Crippen molar-refractivity contribution in [1.82, 2.24) is 5.32 Å². The highest BCUT2D eigenvalue weighted by Crippen LogP contribution is 2.19. The van der Waals surface area contributed by atoms with E-state index in [4.69, 9.17) is 10.2 Å². The molecule has 0 bridgehead atoms. The summed E-state index contributed by atoms with van der Waals surface area (Å²) in [6.07, 6.45) is 3.12. The van der Waals surface area contributed by atoms with Crippen molar-refractivity contribution in [3.05, 3.63) is 0 Å². The molecule has 0 saturated carbocycles. The first kappa shape index (κ1) is 12.9. The van der Waals surface area contributed by atoms with Gasteiger partial charge in [-0.3, -0.25) is 0 Å². The van der Waals surface area contributed by atoms with Crippen molar-refractivity contribution in [3.8, 4) is 0 Å². The second kappa shape index (κ2) is 5.27. The van der Waals surface area contributed by atoms with E-state index < -0.39 is 17.5 Å². The van der Waals surface area contributed by atoms with Crippen LogP contribution in [0.1, 0.15) is 32.1 Å². The largest absolute Gasteiger partial charge is 0.479 e. The molecule has 0 aliphatic carbocycles. The van der Waals surface area contributed by atoms with Crippen LogP contribution in [0.15, 0.2) is 0 Å². The molecule has 1 aliphatic rings. The van der Waals surface area contributed by atoms with Gasteiger partial charge < -0.3 is 20.6 Å². The smallest absolute Gasteiger partial charge is 0.347 e. The highest BCUT2D eigenvalue weighted by molar-refractivity contribution is 6.01. The molecule has 0 aromatic heterocycles. The summed E-state index contributed by atoms with van der Waals surface area (Å²) in [7, 11) is 0. The number of carbonyl (C=O) groups is 2. The van der Waals surface area contributed by atoms with Gasteiger partial charge in [-0.15, -0.1) is 0 Å². The predicted molar refractivity (Wildman–Crippen MR) is 55.1 cm³/mol. The van der Waals surface area contributed by atoms with Crippen LogP contribution in [0.25, 0.3) is 0 Å². The van der Waals surface area contributed by atoms with Gasteiger partial charge in [0.2, 0.25) is 0 Å². The van der Waals surface area contributed by atoms with Crippen LogP contribution < -0.4 is 5.32 Å². The molecule has 1 fully saturated rings. The third kappa shape index (κ3) is 2.93. The molecular weight excluding hydrogens is 214 g/mol. The quantitative estimate of drug-likeness (QED) is 0.488. The summed E-state index contributed by atoms with van der Waals surface area (Å²) in [5, 5.41) is 30.0. The maximum absolute atomic E-state index is 10.7. The van der Waals surface area contributed by atoms with Gasteiger partial charge in [0.05, 0.1) is 0 Å². The van der Waals surface area contributed by atoms with E-state index in [0.29, 0.717) is 6.42 Å². The molecule has 0 aromatic carbocycles. The molecule has 92 valence electrons. The average Bonchev–Trinajstić information content (AvgIpc) is 2.26. The van der Waals surface area contributed by atoms with E-state index in [2.05, 4.69) is 5.32 Å². The summed E-state index contributed by atoms with van der Waals surface area (Å²) in [5.41, 5.74) is -2.65.